The maximum Gasteiger partial charge on any atom is 0.406 e. The van der Waals surface area contributed by atoms with Crippen LogP contribution in [-0.2, 0) is 48.0 Å². The highest BCUT2D eigenvalue weighted by Gasteiger charge is 2.42. The van der Waals surface area contributed by atoms with Crippen LogP contribution in [0.15, 0.2) is 29.8 Å². The number of thiazole rings is 1. The molecule has 23 heteroatoms. The van der Waals surface area contributed by atoms with Gasteiger partial charge in [-0.05, 0) is 81.8 Å². The zero-order valence-electron chi connectivity index (χ0n) is 44.7. The summed E-state index contributed by atoms with van der Waals surface area (Å²) in [5.41, 5.74) is 4.88. The number of likely N-dealkylation sites (N-methyl/N-ethyl adjacent to an activating group) is 2. The van der Waals surface area contributed by atoms with Crippen LogP contribution in [0.1, 0.15) is 81.8 Å². The number of rotatable bonds is 12. The molecule has 4 aromatic rings. The van der Waals surface area contributed by atoms with E-state index in [1.165, 1.54) is 44.9 Å². The van der Waals surface area contributed by atoms with Crippen LogP contribution in [0.25, 0.3) is 33.4 Å². The van der Waals surface area contributed by atoms with Gasteiger partial charge in [0.1, 0.15) is 18.8 Å². The largest absolute Gasteiger partial charge is 0.464 e. The number of cyclic esters (lactones) is 1. The van der Waals surface area contributed by atoms with Gasteiger partial charge < -0.3 is 38.7 Å². The number of hydrazine groups is 1. The van der Waals surface area contributed by atoms with Crippen molar-refractivity contribution in [2.24, 2.45) is 17.3 Å². The molecule has 0 saturated carbocycles. The van der Waals surface area contributed by atoms with Crippen molar-refractivity contribution in [3.8, 4) is 22.5 Å². The molecular weight excluding hydrogens is 1030 g/mol. The molecule has 3 fully saturated rings. The highest BCUT2D eigenvalue weighted by atomic mass is 35.5. The average Bonchev–Trinajstić information content (AvgIpc) is 4.16. The molecule has 0 radical (unpaired) electrons. The number of anilines is 1. The first-order chi connectivity index (χ1) is 35.8. The number of hydrogen-bond acceptors (Lipinski definition) is 14. The third kappa shape index (κ3) is 12.5. The molecular formula is C53H71ClF4N10O7S. The van der Waals surface area contributed by atoms with Gasteiger partial charge in [0.25, 0.3) is 17.4 Å². The second kappa shape index (κ2) is 23.2. The van der Waals surface area contributed by atoms with Crippen molar-refractivity contribution < 1.29 is 51.3 Å². The molecule has 7 atom stereocenters. The number of amides is 3. The van der Waals surface area contributed by atoms with E-state index in [4.69, 9.17) is 31.0 Å². The number of aliphatic hydroxyl groups excluding tert-OH is 1. The number of esters is 1. The van der Waals surface area contributed by atoms with Crippen molar-refractivity contribution in [1.82, 2.24) is 45.0 Å². The normalized spacial score (nSPS) is 22.6. The minimum atomic E-state index is -4.64. The number of nitrogens with one attached hydrogen (secondary N) is 2. The SMILES string of the molecule is CO[C@@H](C)c1ncc(N2CCN(C)CC2)cc1-c1c2c3cc(c(C)cc3n1CC(F)(F)F)-c1csc(n1)C[C@H](NC(O)[C@H](C(C)C)N(C)C(=O)[C@H]1CCN(C(=O)[C@H](F)Cl)C1)C(=O)N1CCC[C@H](N1)C(=O)OCC(C)(C)C2. The number of ether oxygens (including phenoxy) is 2. The molecule has 1 unspecified atom stereocenters. The van der Waals surface area contributed by atoms with Crippen molar-refractivity contribution in [3.63, 3.8) is 0 Å². The second-order valence-electron chi connectivity index (χ2n) is 22.0. The third-order valence-corrected chi connectivity index (χ3v) is 16.4. The summed E-state index contributed by atoms with van der Waals surface area (Å²) >= 11 is 6.70. The summed E-state index contributed by atoms with van der Waals surface area (Å²) in [5.74, 6) is -3.43. The lowest BCUT2D eigenvalue weighted by atomic mass is 9.84. The van der Waals surface area contributed by atoms with Crippen LogP contribution in [0, 0.1) is 24.2 Å². The van der Waals surface area contributed by atoms with E-state index >= 15 is 13.2 Å². The van der Waals surface area contributed by atoms with Gasteiger partial charge >= 0.3 is 12.1 Å². The van der Waals surface area contributed by atoms with Crippen LogP contribution in [0.3, 0.4) is 0 Å². The highest BCUT2D eigenvalue weighted by Crippen LogP contribution is 2.45. The van der Waals surface area contributed by atoms with Gasteiger partial charge in [-0.3, -0.25) is 34.5 Å². The van der Waals surface area contributed by atoms with Crippen molar-refractivity contribution in [3.05, 3.63) is 51.6 Å². The zero-order chi connectivity index (χ0) is 55.1. The number of alkyl halides is 5. The van der Waals surface area contributed by atoms with Crippen molar-refractivity contribution in [2.45, 2.75) is 122 Å². The quantitative estimate of drug-likeness (QED) is 0.0610. The van der Waals surface area contributed by atoms with Gasteiger partial charge in [-0.1, -0.05) is 39.3 Å². The van der Waals surface area contributed by atoms with Gasteiger partial charge in [0, 0.05) is 99.2 Å². The number of benzene rings is 1. The van der Waals surface area contributed by atoms with E-state index in [2.05, 4.69) is 20.5 Å². The van der Waals surface area contributed by atoms with Crippen molar-refractivity contribution >= 4 is 63.2 Å². The first kappa shape index (κ1) is 57.2. The molecule has 8 rings (SSSR count). The number of nitrogens with zero attached hydrogens (tertiary/aromatic N) is 8. The number of aliphatic hydroxyl groups is 1. The number of carbonyl (C=O) groups excluding carboxylic acids is 4. The lowest BCUT2D eigenvalue weighted by Crippen LogP contribution is -2.63. The summed E-state index contributed by atoms with van der Waals surface area (Å²) in [7, 11) is 5.13. The van der Waals surface area contributed by atoms with E-state index in [0.717, 1.165) is 18.8 Å². The number of pyridine rings is 1. The van der Waals surface area contributed by atoms with E-state index in [1.54, 1.807) is 12.3 Å². The summed E-state index contributed by atoms with van der Waals surface area (Å²) in [6, 6.07) is 2.60. The number of aryl methyl sites for hydroxylation is 1. The Morgan fingerprint density at radius 1 is 1.08 bits per heavy atom. The fraction of sp³-hybridized carbons (Fsp3) is 0.623. The molecule has 17 nitrogen and oxygen atoms in total. The van der Waals surface area contributed by atoms with Gasteiger partial charge in [0.2, 0.25) is 5.91 Å². The Balaban J connectivity index is 1.23. The standard InChI is InChI=1S/C53H71ClF4N10O7S/c1-29(2)44(64(8)48(70)32-12-14-66(25-32)50(72)46(54)55)47(69)61-39-22-42-60-40(26-76-42)34-21-35-37(23-52(5,6)28-75-51(73)38-11-10-13-68(62-38)49(39)71)45(67(27-53(56,57)58)41(35)19-30(34)3)36-20-33(24-59-43(36)31(4)74-9)65-17-15-63(7)16-18-65/h19-21,24,26,29,31-32,38-39,44,46-47,61-62,69H,10-18,22-23,25,27-28H2,1-9H3/t31-,32-,38-,39-,44-,46-,47?/m0/s1. The molecule has 0 aliphatic carbocycles. The predicted molar refractivity (Wildman–Crippen MR) is 282 cm³/mol. The van der Waals surface area contributed by atoms with Crippen LogP contribution >= 0.6 is 22.9 Å². The van der Waals surface area contributed by atoms with Crippen LogP contribution in [0.4, 0.5) is 23.2 Å². The Labute approximate surface area is 450 Å². The van der Waals surface area contributed by atoms with Gasteiger partial charge in [-0.2, -0.15) is 13.2 Å². The summed E-state index contributed by atoms with van der Waals surface area (Å²) in [6.07, 6.45) is -3.76. The molecule has 0 spiro atoms. The lowest BCUT2D eigenvalue weighted by molar-refractivity contribution is -0.155. The molecule has 1 aromatic carbocycles. The van der Waals surface area contributed by atoms with Gasteiger partial charge in [-0.25, -0.2) is 14.8 Å². The van der Waals surface area contributed by atoms with Gasteiger partial charge in [-0.15, -0.1) is 11.3 Å². The van der Waals surface area contributed by atoms with Gasteiger partial charge in [0.05, 0.1) is 64.7 Å². The molecule has 4 aliphatic heterocycles. The van der Waals surface area contributed by atoms with Crippen molar-refractivity contribution in [1.29, 1.82) is 0 Å². The zero-order valence-corrected chi connectivity index (χ0v) is 46.2. The first-order valence-corrected chi connectivity index (χ1v) is 27.3. The maximum absolute atomic E-state index is 15.1. The van der Waals surface area contributed by atoms with E-state index in [-0.39, 0.29) is 57.3 Å². The molecule has 7 heterocycles. The minimum absolute atomic E-state index is 0.0376. The molecule has 3 aromatic heterocycles. The van der Waals surface area contributed by atoms with E-state index in [1.807, 2.05) is 66.1 Å². The molecule has 6 bridgehead atoms. The van der Waals surface area contributed by atoms with Crippen LogP contribution < -0.4 is 15.6 Å². The molecule has 4 aliphatic rings. The number of fused-ring (bicyclic) bond motifs is 6. The van der Waals surface area contributed by atoms with Crippen molar-refractivity contribution in [2.75, 3.05) is 78.5 Å². The minimum Gasteiger partial charge on any atom is -0.464 e. The number of hydrogen-bond donors (Lipinski definition) is 3. The Morgan fingerprint density at radius 3 is 2.47 bits per heavy atom. The number of methoxy groups -OCH3 is 1. The summed E-state index contributed by atoms with van der Waals surface area (Å²) in [6.45, 7) is 13.0. The summed E-state index contributed by atoms with van der Waals surface area (Å²) in [5, 5.41) is 19.4. The Kier molecular flexibility index (Phi) is 17.4. The molecule has 3 amide bonds. The fourth-order valence-corrected chi connectivity index (χ4v) is 12.2. The van der Waals surface area contributed by atoms with E-state index in [0.29, 0.717) is 81.2 Å². The number of aromatic nitrogens is 3. The topological polar surface area (TPSA) is 178 Å². The molecule has 3 saturated heterocycles. The lowest BCUT2D eigenvalue weighted by Gasteiger charge is -2.39. The smallest absolute Gasteiger partial charge is 0.406 e. The van der Waals surface area contributed by atoms with Crippen LogP contribution in [0.2, 0.25) is 0 Å². The van der Waals surface area contributed by atoms with Crippen LogP contribution in [0.5, 0.6) is 0 Å². The molecule has 416 valence electrons. The average molecular weight is 1100 g/mol. The first-order valence-electron chi connectivity index (χ1n) is 26.0. The monoisotopic (exact) mass is 1100 g/mol. The summed E-state index contributed by atoms with van der Waals surface area (Å²) < 4.78 is 72.4. The van der Waals surface area contributed by atoms with Crippen LogP contribution in [-0.4, -0.2) is 173 Å². The van der Waals surface area contributed by atoms with Gasteiger partial charge in [0.15, 0.2) is 0 Å². The number of likely N-dealkylation sites (tertiary alicyclic amines) is 1. The molecule has 3 N–H and O–H groups in total. The highest BCUT2D eigenvalue weighted by molar-refractivity contribution is 7.10. The predicted octanol–water partition coefficient (Wildman–Crippen LogP) is 6.46. The number of carbonyl (C=O) groups is 4. The summed E-state index contributed by atoms with van der Waals surface area (Å²) in [4.78, 5) is 72.2. The number of piperazine rings is 1. The number of halogens is 5. The fourth-order valence-electron chi connectivity index (χ4n) is 11.2. The third-order valence-electron chi connectivity index (χ3n) is 15.3. The molecule has 76 heavy (non-hydrogen) atoms. The van der Waals surface area contributed by atoms with E-state index < -0.39 is 77.9 Å². The Hall–Kier alpha value is -4.97. The maximum atomic E-state index is 15.1. The Bertz CT molecular complexity index is 2780. The second-order valence-corrected chi connectivity index (χ2v) is 23.3. The Morgan fingerprint density at radius 2 is 1.80 bits per heavy atom. The van der Waals surface area contributed by atoms with E-state index in [9.17, 15) is 28.7 Å².